The first-order valence-corrected chi connectivity index (χ1v) is 8.63. The Bertz CT molecular complexity index is 934. The van der Waals surface area contributed by atoms with Crippen LogP contribution in [0.4, 0.5) is 0 Å². The third-order valence-corrected chi connectivity index (χ3v) is 4.36. The van der Waals surface area contributed by atoms with Gasteiger partial charge in [0.2, 0.25) is 0 Å². The van der Waals surface area contributed by atoms with Crippen LogP contribution in [0.5, 0.6) is 0 Å². The van der Waals surface area contributed by atoms with Gasteiger partial charge in [-0.05, 0) is 0 Å². The van der Waals surface area contributed by atoms with Crippen molar-refractivity contribution in [1.29, 1.82) is 0 Å². The molecule has 1 aliphatic heterocycles. The summed E-state index contributed by atoms with van der Waals surface area (Å²) in [7, 11) is -4.62. The van der Waals surface area contributed by atoms with Crippen LogP contribution in [-0.2, 0) is 13.8 Å². The van der Waals surface area contributed by atoms with E-state index in [0.717, 1.165) is 0 Å². The lowest BCUT2D eigenvalue weighted by Crippen LogP contribution is -2.25. The zero-order valence-electron chi connectivity index (χ0n) is 12.2. The molecule has 1 fully saturated rings. The fraction of sp³-hybridized carbons (Fsp3) is 0.417. The highest BCUT2D eigenvalue weighted by molar-refractivity contribution is 7.46. The molecule has 0 saturated carbocycles. The van der Waals surface area contributed by atoms with Crippen molar-refractivity contribution in [3.8, 4) is 0 Å². The van der Waals surface area contributed by atoms with Crippen molar-refractivity contribution in [2.75, 3.05) is 6.61 Å². The van der Waals surface area contributed by atoms with Crippen LogP contribution in [0.2, 0.25) is 0 Å². The zero-order chi connectivity index (χ0) is 16.9. The summed E-state index contributed by atoms with van der Waals surface area (Å²) < 4.78 is 24.2. The van der Waals surface area contributed by atoms with E-state index in [1.54, 1.807) is 27.7 Å². The molecule has 0 bridgehead atoms. The van der Waals surface area contributed by atoms with Crippen molar-refractivity contribution in [2.24, 2.45) is 0 Å². The van der Waals surface area contributed by atoms with Gasteiger partial charge in [-0.15, -0.1) is 0 Å². The molecular formula is C12H14N5O6P. The van der Waals surface area contributed by atoms with Gasteiger partial charge in [-0.25, -0.2) is 19.5 Å². The molecule has 0 aliphatic carbocycles. The summed E-state index contributed by atoms with van der Waals surface area (Å²) in [5.41, 5.74) is 1.79. The number of hydrogen-bond acceptors (Lipinski definition) is 7. The van der Waals surface area contributed by atoms with E-state index in [0.29, 0.717) is 16.8 Å². The third-order valence-electron chi connectivity index (χ3n) is 3.87. The van der Waals surface area contributed by atoms with Crippen LogP contribution >= 0.6 is 7.82 Å². The monoisotopic (exact) mass is 355 g/mol. The number of ether oxygens (including phenoxy) is 1. The second kappa shape index (κ2) is 5.59. The van der Waals surface area contributed by atoms with Crippen molar-refractivity contribution < 1.29 is 28.7 Å². The van der Waals surface area contributed by atoms with Gasteiger partial charge in [0, 0.05) is 18.8 Å². The predicted molar refractivity (Wildman–Crippen MR) is 78.8 cm³/mol. The molecule has 3 aromatic heterocycles. The highest BCUT2D eigenvalue weighted by Gasteiger charge is 2.37. The van der Waals surface area contributed by atoms with E-state index in [2.05, 4.69) is 19.5 Å². The molecule has 0 spiro atoms. The van der Waals surface area contributed by atoms with Gasteiger partial charge in [0.05, 0.1) is 19.0 Å². The minimum atomic E-state index is -4.62. The summed E-state index contributed by atoms with van der Waals surface area (Å²) in [6.45, 7) is -0.410. The Hall–Kier alpha value is -1.88. The molecule has 1 saturated heterocycles. The normalized spacial score (nSPS) is 25.0. The number of hydrogen-bond donors (Lipinski definition) is 3. The van der Waals surface area contributed by atoms with Gasteiger partial charge in [0.15, 0.2) is 16.8 Å². The average molecular weight is 355 g/mol. The molecule has 0 radical (unpaired) electrons. The molecule has 1 unspecified atom stereocenters. The fourth-order valence-electron chi connectivity index (χ4n) is 2.76. The van der Waals surface area contributed by atoms with Gasteiger partial charge < -0.3 is 19.6 Å². The molecule has 0 aromatic carbocycles. The first-order valence-electron chi connectivity index (χ1n) is 7.10. The van der Waals surface area contributed by atoms with E-state index in [1.807, 2.05) is 0 Å². The fourth-order valence-corrected chi connectivity index (χ4v) is 3.10. The van der Waals surface area contributed by atoms with E-state index in [9.17, 15) is 9.67 Å². The number of aliphatic hydroxyl groups excluding tert-OH is 1. The lowest BCUT2D eigenvalue weighted by atomic mass is 10.2. The van der Waals surface area contributed by atoms with E-state index >= 15 is 0 Å². The molecule has 4 rings (SSSR count). The van der Waals surface area contributed by atoms with Crippen molar-refractivity contribution in [2.45, 2.75) is 24.9 Å². The topological polar surface area (TPSA) is 144 Å². The van der Waals surface area contributed by atoms with Crippen molar-refractivity contribution >= 4 is 24.6 Å². The van der Waals surface area contributed by atoms with Gasteiger partial charge in [0.25, 0.3) is 0 Å². The highest BCUT2D eigenvalue weighted by atomic mass is 31.2. The van der Waals surface area contributed by atoms with Crippen LogP contribution in [0.25, 0.3) is 16.8 Å². The van der Waals surface area contributed by atoms with E-state index < -0.39 is 32.9 Å². The number of fused-ring (bicyclic) bond motifs is 3. The molecule has 3 N–H and O–H groups in total. The van der Waals surface area contributed by atoms with Gasteiger partial charge in [0.1, 0.15) is 18.7 Å². The van der Waals surface area contributed by atoms with Crippen molar-refractivity contribution in [3.05, 3.63) is 25.0 Å². The third kappa shape index (κ3) is 2.71. The molecule has 11 nitrogen and oxygen atoms in total. The highest BCUT2D eigenvalue weighted by Crippen LogP contribution is 2.38. The van der Waals surface area contributed by atoms with Crippen LogP contribution in [0.1, 0.15) is 12.6 Å². The van der Waals surface area contributed by atoms with E-state index in [-0.39, 0.29) is 6.42 Å². The second-order valence-corrected chi connectivity index (χ2v) is 6.68. The number of phosphoric acid groups is 1. The van der Waals surface area contributed by atoms with E-state index in [1.165, 1.54) is 6.33 Å². The molecule has 0 amide bonds. The minimum absolute atomic E-state index is 0.224. The molecule has 3 aromatic rings. The summed E-state index contributed by atoms with van der Waals surface area (Å²) >= 11 is 0. The molecule has 128 valence electrons. The average Bonchev–Trinajstić information content (AvgIpc) is 3.20. The first-order chi connectivity index (χ1) is 11.4. The van der Waals surface area contributed by atoms with Crippen LogP contribution < -0.4 is 0 Å². The van der Waals surface area contributed by atoms with Crippen molar-refractivity contribution in [1.82, 2.24) is 23.9 Å². The number of aromatic nitrogens is 5. The Morgan fingerprint density at radius 3 is 2.92 bits per heavy atom. The Morgan fingerprint density at radius 2 is 2.12 bits per heavy atom. The molecule has 12 heteroatoms. The van der Waals surface area contributed by atoms with Crippen LogP contribution in [-0.4, -0.2) is 57.6 Å². The molecular weight excluding hydrogens is 341 g/mol. The van der Waals surface area contributed by atoms with Crippen LogP contribution in [0, 0.1) is 0 Å². The summed E-state index contributed by atoms with van der Waals surface area (Å²) in [5.74, 6) is 0. The minimum Gasteiger partial charge on any atom is -0.390 e. The van der Waals surface area contributed by atoms with Crippen LogP contribution in [0.15, 0.2) is 25.0 Å². The van der Waals surface area contributed by atoms with Crippen LogP contribution in [0.3, 0.4) is 0 Å². The van der Waals surface area contributed by atoms with Gasteiger partial charge >= 0.3 is 7.82 Å². The maximum atomic E-state index is 10.8. The number of phosphoric ester groups is 1. The lowest BCUT2D eigenvalue weighted by molar-refractivity contribution is -0.0424. The summed E-state index contributed by atoms with van der Waals surface area (Å²) in [5, 5.41) is 10.0. The standard InChI is InChI=1S/C12H14N5O6P/c18-7-3-9(23-8(7)4-22-24(19,20)21)17-6-14-10-11-13-1-2-16(11)5-15-12(10)17/h1-2,5-9,18H,3-4H2,(H2,19,20,21)/t7?,8-,9-/m1/s1. The molecule has 24 heavy (non-hydrogen) atoms. The number of aliphatic hydroxyl groups is 1. The Kier molecular flexibility index (Phi) is 3.64. The maximum Gasteiger partial charge on any atom is 0.469 e. The number of imidazole rings is 2. The lowest BCUT2D eigenvalue weighted by Gasteiger charge is -2.16. The first kappa shape index (κ1) is 15.6. The molecule has 1 aliphatic rings. The quantitative estimate of drug-likeness (QED) is 0.543. The summed E-state index contributed by atoms with van der Waals surface area (Å²) in [4.78, 5) is 30.4. The van der Waals surface area contributed by atoms with Gasteiger partial charge in [-0.3, -0.25) is 13.5 Å². The molecule has 3 atom stereocenters. The Morgan fingerprint density at radius 1 is 1.29 bits per heavy atom. The van der Waals surface area contributed by atoms with Crippen molar-refractivity contribution in [3.63, 3.8) is 0 Å². The number of rotatable bonds is 4. The second-order valence-electron chi connectivity index (χ2n) is 5.45. The summed E-state index contributed by atoms with van der Waals surface area (Å²) in [6, 6.07) is 0. The predicted octanol–water partition coefficient (Wildman–Crippen LogP) is -0.163. The summed E-state index contributed by atoms with van der Waals surface area (Å²) in [6.07, 6.45) is 4.41. The zero-order valence-corrected chi connectivity index (χ0v) is 13.1. The van der Waals surface area contributed by atoms with Gasteiger partial charge in [-0.1, -0.05) is 0 Å². The smallest absolute Gasteiger partial charge is 0.390 e. The maximum absolute atomic E-state index is 10.8. The Balaban J connectivity index is 1.60. The molecule has 4 heterocycles. The Labute approximate surface area is 134 Å². The van der Waals surface area contributed by atoms with Gasteiger partial charge in [-0.2, -0.15) is 0 Å². The van der Waals surface area contributed by atoms with E-state index in [4.69, 9.17) is 14.5 Å². The largest absolute Gasteiger partial charge is 0.469 e. The number of nitrogens with zero attached hydrogens (tertiary/aromatic N) is 5. The SMILES string of the molecule is O=P(O)(O)OC[C@H]1O[C@@H](n2cnc3c2ncn2ccnc32)CC1O.